The summed E-state index contributed by atoms with van der Waals surface area (Å²) in [4.78, 5) is 18.2. The summed E-state index contributed by atoms with van der Waals surface area (Å²) in [6, 6.07) is 4.90. The van der Waals surface area contributed by atoms with Crippen LogP contribution in [-0.4, -0.2) is 21.9 Å². The van der Waals surface area contributed by atoms with E-state index in [1.54, 1.807) is 18.2 Å². The van der Waals surface area contributed by atoms with Crippen molar-refractivity contribution in [3.05, 3.63) is 44.7 Å². The summed E-state index contributed by atoms with van der Waals surface area (Å²) in [5, 5.41) is 17.2. The van der Waals surface area contributed by atoms with Gasteiger partial charge in [-0.2, -0.15) is 0 Å². The Kier molecular flexibility index (Phi) is 4.21. The zero-order valence-corrected chi connectivity index (χ0v) is 11.7. The molecule has 0 aliphatic rings. The average molecular weight is 314 g/mol. The largest absolute Gasteiger partial charge is 0.367 e. The Morgan fingerprint density at radius 2 is 1.80 bits per heavy atom. The van der Waals surface area contributed by atoms with Crippen LogP contribution in [0, 0.1) is 10.1 Å². The minimum Gasteiger partial charge on any atom is -0.367 e. The molecule has 2 aromatic rings. The lowest BCUT2D eigenvalue weighted by Crippen LogP contribution is -2.05. The molecule has 0 radical (unpaired) electrons. The minimum absolute atomic E-state index is 0.00403. The second kappa shape index (κ2) is 5.89. The van der Waals surface area contributed by atoms with Crippen LogP contribution in [-0.2, 0) is 0 Å². The van der Waals surface area contributed by atoms with E-state index in [1.165, 1.54) is 13.4 Å². The van der Waals surface area contributed by atoms with Crippen molar-refractivity contribution in [2.24, 2.45) is 0 Å². The summed E-state index contributed by atoms with van der Waals surface area (Å²) in [5.74, 6) is 0.0972. The van der Waals surface area contributed by atoms with Gasteiger partial charge >= 0.3 is 5.69 Å². The van der Waals surface area contributed by atoms with Crippen LogP contribution in [0.2, 0.25) is 10.0 Å². The first kappa shape index (κ1) is 14.3. The lowest BCUT2D eigenvalue weighted by molar-refractivity contribution is -0.383. The van der Waals surface area contributed by atoms with Gasteiger partial charge in [0.15, 0.2) is 0 Å². The van der Waals surface area contributed by atoms with Crippen LogP contribution >= 0.6 is 23.2 Å². The van der Waals surface area contributed by atoms with Crippen LogP contribution in [0.4, 0.5) is 23.0 Å². The molecule has 9 heteroatoms. The number of halogens is 2. The quantitative estimate of drug-likeness (QED) is 0.663. The summed E-state index contributed by atoms with van der Waals surface area (Å²) < 4.78 is 0. The van der Waals surface area contributed by atoms with Gasteiger partial charge in [-0.1, -0.05) is 29.3 Å². The molecule has 0 aliphatic carbocycles. The summed E-state index contributed by atoms with van der Waals surface area (Å²) in [7, 11) is 1.53. The molecule has 7 nitrogen and oxygen atoms in total. The second-order valence-electron chi connectivity index (χ2n) is 3.65. The molecular formula is C11H9Cl2N5O2. The van der Waals surface area contributed by atoms with Crippen molar-refractivity contribution in [1.82, 2.24) is 9.97 Å². The van der Waals surface area contributed by atoms with E-state index in [9.17, 15) is 10.1 Å². The molecule has 0 spiro atoms. The molecule has 0 amide bonds. The first-order chi connectivity index (χ1) is 9.54. The lowest BCUT2D eigenvalue weighted by Gasteiger charge is -2.10. The number of nitro groups is 1. The number of hydrogen-bond donors (Lipinski definition) is 2. The highest BCUT2D eigenvalue weighted by atomic mass is 35.5. The molecule has 0 bridgehead atoms. The van der Waals surface area contributed by atoms with Gasteiger partial charge in [0.05, 0.1) is 20.7 Å². The number of nitrogens with zero attached hydrogens (tertiary/aromatic N) is 3. The maximum Gasteiger partial charge on any atom is 0.353 e. The van der Waals surface area contributed by atoms with Gasteiger partial charge in [0.2, 0.25) is 11.6 Å². The first-order valence-corrected chi connectivity index (χ1v) is 6.18. The van der Waals surface area contributed by atoms with E-state index in [0.29, 0.717) is 15.7 Å². The molecule has 1 aromatic heterocycles. The number of benzene rings is 1. The Hall–Kier alpha value is -2.12. The molecule has 0 unspecified atom stereocenters. The Labute approximate surface area is 124 Å². The number of anilines is 3. The van der Waals surface area contributed by atoms with Gasteiger partial charge < -0.3 is 10.6 Å². The van der Waals surface area contributed by atoms with Gasteiger partial charge in [0, 0.05) is 7.05 Å². The fraction of sp³-hybridized carbons (Fsp3) is 0.0909. The zero-order chi connectivity index (χ0) is 14.7. The summed E-state index contributed by atoms with van der Waals surface area (Å²) in [5.41, 5.74) is 0.0608. The van der Waals surface area contributed by atoms with Crippen molar-refractivity contribution < 1.29 is 4.92 Å². The van der Waals surface area contributed by atoms with Crippen LogP contribution in [0.25, 0.3) is 0 Å². The monoisotopic (exact) mass is 313 g/mol. The number of nitrogens with one attached hydrogen (secondary N) is 2. The Morgan fingerprint density at radius 1 is 1.20 bits per heavy atom. The third-order valence-corrected chi connectivity index (χ3v) is 3.08. The molecule has 0 saturated carbocycles. The van der Waals surface area contributed by atoms with Gasteiger partial charge in [-0.15, -0.1) is 0 Å². The standard InChI is InChI=1S/C11H9Cl2N5O2/c1-14-10-9(18(19)20)11(16-5-15-10)17-8-6(12)3-2-4-7(8)13/h2-5H,1H3,(H2,14,15,16,17). The molecular weight excluding hydrogens is 305 g/mol. The number of para-hydroxylation sites is 1. The Bertz CT molecular complexity index is 645. The van der Waals surface area contributed by atoms with Crippen LogP contribution in [0.5, 0.6) is 0 Å². The predicted octanol–water partition coefficient (Wildman–Crippen LogP) is 3.48. The van der Waals surface area contributed by atoms with Gasteiger partial charge in [-0.3, -0.25) is 10.1 Å². The molecule has 2 rings (SSSR count). The minimum atomic E-state index is -0.584. The molecule has 1 heterocycles. The normalized spacial score (nSPS) is 10.2. The molecule has 0 atom stereocenters. The maximum atomic E-state index is 11.1. The molecule has 104 valence electrons. The zero-order valence-electron chi connectivity index (χ0n) is 10.2. The van der Waals surface area contributed by atoms with E-state index < -0.39 is 4.92 Å². The van der Waals surface area contributed by atoms with E-state index >= 15 is 0 Å². The SMILES string of the molecule is CNc1ncnc(Nc2c(Cl)cccc2Cl)c1[N+](=O)[O-]. The van der Waals surface area contributed by atoms with E-state index in [2.05, 4.69) is 20.6 Å². The molecule has 1 aromatic carbocycles. The molecule has 2 N–H and O–H groups in total. The summed E-state index contributed by atoms with van der Waals surface area (Å²) in [6.45, 7) is 0. The molecule has 0 fully saturated rings. The number of rotatable bonds is 4. The van der Waals surface area contributed by atoms with E-state index in [-0.39, 0.29) is 17.3 Å². The summed E-state index contributed by atoms with van der Waals surface area (Å²) in [6.07, 6.45) is 1.20. The van der Waals surface area contributed by atoms with Crippen LogP contribution in [0.3, 0.4) is 0 Å². The van der Waals surface area contributed by atoms with Crippen molar-refractivity contribution in [2.75, 3.05) is 17.7 Å². The fourth-order valence-corrected chi connectivity index (χ4v) is 2.05. The van der Waals surface area contributed by atoms with Gasteiger partial charge in [-0.25, -0.2) is 9.97 Å². The van der Waals surface area contributed by atoms with Crippen LogP contribution in [0.1, 0.15) is 0 Å². The van der Waals surface area contributed by atoms with Crippen LogP contribution < -0.4 is 10.6 Å². The average Bonchev–Trinajstić information content (AvgIpc) is 2.42. The maximum absolute atomic E-state index is 11.1. The Balaban J connectivity index is 2.51. The van der Waals surface area contributed by atoms with Crippen molar-refractivity contribution in [3.63, 3.8) is 0 Å². The molecule has 0 aliphatic heterocycles. The lowest BCUT2D eigenvalue weighted by atomic mass is 10.3. The van der Waals surface area contributed by atoms with Crippen molar-refractivity contribution in [1.29, 1.82) is 0 Å². The highest BCUT2D eigenvalue weighted by molar-refractivity contribution is 6.39. The number of hydrogen-bond acceptors (Lipinski definition) is 6. The molecule has 0 saturated heterocycles. The first-order valence-electron chi connectivity index (χ1n) is 5.42. The third-order valence-electron chi connectivity index (χ3n) is 2.45. The van der Waals surface area contributed by atoms with E-state index in [0.717, 1.165) is 0 Å². The number of aromatic nitrogens is 2. The van der Waals surface area contributed by atoms with Gasteiger partial charge in [0.25, 0.3) is 0 Å². The highest BCUT2D eigenvalue weighted by Gasteiger charge is 2.23. The van der Waals surface area contributed by atoms with Crippen molar-refractivity contribution >= 4 is 46.2 Å². The topological polar surface area (TPSA) is 93.0 Å². The second-order valence-corrected chi connectivity index (χ2v) is 4.46. The smallest absolute Gasteiger partial charge is 0.353 e. The van der Waals surface area contributed by atoms with Gasteiger partial charge in [-0.05, 0) is 12.1 Å². The molecule has 20 heavy (non-hydrogen) atoms. The van der Waals surface area contributed by atoms with E-state index in [1.807, 2.05) is 0 Å². The van der Waals surface area contributed by atoms with E-state index in [4.69, 9.17) is 23.2 Å². The summed E-state index contributed by atoms with van der Waals surface area (Å²) >= 11 is 12.0. The van der Waals surface area contributed by atoms with Crippen molar-refractivity contribution in [3.8, 4) is 0 Å². The van der Waals surface area contributed by atoms with Gasteiger partial charge in [0.1, 0.15) is 6.33 Å². The Morgan fingerprint density at radius 3 is 2.35 bits per heavy atom. The highest BCUT2D eigenvalue weighted by Crippen LogP contribution is 2.36. The predicted molar refractivity (Wildman–Crippen MR) is 78.0 cm³/mol. The third kappa shape index (κ3) is 2.73. The van der Waals surface area contributed by atoms with Crippen molar-refractivity contribution in [2.45, 2.75) is 0 Å². The fourth-order valence-electron chi connectivity index (χ4n) is 1.56. The van der Waals surface area contributed by atoms with Crippen LogP contribution in [0.15, 0.2) is 24.5 Å².